The number of hydrogen-bond donors (Lipinski definition) is 1. The van der Waals surface area contributed by atoms with Crippen LogP contribution in [-0.4, -0.2) is 38.4 Å². The molecule has 2 aliphatic rings. The van der Waals surface area contributed by atoms with Crippen LogP contribution in [0.3, 0.4) is 0 Å². The van der Waals surface area contributed by atoms with Gasteiger partial charge in [0.05, 0.1) is 17.7 Å². The first-order valence-corrected chi connectivity index (χ1v) is 12.8. The van der Waals surface area contributed by atoms with Gasteiger partial charge in [-0.2, -0.15) is 4.31 Å². The molecule has 3 aromatic carbocycles. The molecule has 0 fully saturated rings. The summed E-state index contributed by atoms with van der Waals surface area (Å²) in [7, 11) is -0.136. The summed E-state index contributed by atoms with van der Waals surface area (Å²) in [6, 6.07) is 17.6. The zero-order valence-corrected chi connectivity index (χ0v) is 21.3. The maximum absolute atomic E-state index is 12.5. The third-order valence-corrected chi connectivity index (χ3v) is 8.69. The van der Waals surface area contributed by atoms with Crippen molar-refractivity contribution in [3.8, 4) is 16.9 Å². The van der Waals surface area contributed by atoms with Crippen molar-refractivity contribution in [3.63, 3.8) is 0 Å². The highest BCUT2D eigenvalue weighted by Crippen LogP contribution is 2.42. The Balaban J connectivity index is 1.66. The summed E-state index contributed by atoms with van der Waals surface area (Å²) >= 11 is 0. The molecule has 7 nitrogen and oxygen atoms in total. The van der Waals surface area contributed by atoms with Crippen LogP contribution in [0.5, 0.6) is 5.75 Å². The summed E-state index contributed by atoms with van der Waals surface area (Å²) in [4.78, 5) is 10.2. The van der Waals surface area contributed by atoms with Crippen LogP contribution >= 0.6 is 0 Å². The molecule has 0 aliphatic carbocycles. The van der Waals surface area contributed by atoms with Crippen molar-refractivity contribution in [2.45, 2.75) is 37.9 Å². The lowest BCUT2D eigenvalue weighted by Gasteiger charge is -2.26. The van der Waals surface area contributed by atoms with Crippen molar-refractivity contribution in [3.05, 3.63) is 82.4 Å². The largest absolute Gasteiger partial charge is 0.496 e. The number of amidine groups is 1. The summed E-state index contributed by atoms with van der Waals surface area (Å²) in [6.07, 6.45) is 0. The molecule has 35 heavy (non-hydrogen) atoms. The Morgan fingerprint density at radius 3 is 2.26 bits per heavy atom. The van der Waals surface area contributed by atoms with Gasteiger partial charge in [-0.25, -0.2) is 18.4 Å². The van der Waals surface area contributed by atoms with Crippen LogP contribution in [-0.2, 0) is 22.2 Å². The SMILES string of the molecule is COc1c(C)cc(C2(c3cccc(-c4ccc5c(c4)CN(C)S5(=O)=O)c3)N=C(C)C(N)=N2)cc1C. The predicted molar refractivity (Wildman–Crippen MR) is 139 cm³/mol. The third kappa shape index (κ3) is 3.56. The van der Waals surface area contributed by atoms with E-state index in [1.54, 1.807) is 20.2 Å². The van der Waals surface area contributed by atoms with Crippen molar-refractivity contribution >= 4 is 21.6 Å². The van der Waals surface area contributed by atoms with Crippen molar-refractivity contribution in [2.24, 2.45) is 15.7 Å². The lowest BCUT2D eigenvalue weighted by Crippen LogP contribution is -2.23. The Morgan fingerprint density at radius 2 is 1.63 bits per heavy atom. The fourth-order valence-corrected chi connectivity index (χ4v) is 6.36. The molecule has 0 amide bonds. The zero-order valence-electron chi connectivity index (χ0n) is 20.5. The van der Waals surface area contributed by atoms with Crippen LogP contribution < -0.4 is 10.5 Å². The minimum absolute atomic E-state index is 0.365. The Labute approximate surface area is 206 Å². The standard InChI is InChI=1S/C27H28N4O3S/c1-16-11-23(12-17(2)25(16)34-5)27(29-18(3)26(28)30-27)22-8-6-7-19(14-22)20-9-10-24-21(13-20)15-31(4)35(24,32)33/h6-14H,15H2,1-5H3,(H2,28,30). The van der Waals surface area contributed by atoms with E-state index in [-0.39, 0.29) is 0 Å². The summed E-state index contributed by atoms with van der Waals surface area (Å²) < 4.78 is 31.9. The van der Waals surface area contributed by atoms with Crippen LogP contribution in [0.15, 0.2) is 69.5 Å². The minimum Gasteiger partial charge on any atom is -0.496 e. The number of nitrogens with two attached hydrogens (primary N) is 1. The van der Waals surface area contributed by atoms with Crippen LogP contribution in [0.4, 0.5) is 0 Å². The topological polar surface area (TPSA) is 97.3 Å². The van der Waals surface area contributed by atoms with Gasteiger partial charge in [0.15, 0.2) is 0 Å². The number of sulfonamides is 1. The molecule has 0 radical (unpaired) electrons. The van der Waals surface area contributed by atoms with Gasteiger partial charge in [0.25, 0.3) is 0 Å². The highest BCUT2D eigenvalue weighted by atomic mass is 32.2. The number of fused-ring (bicyclic) bond motifs is 1. The summed E-state index contributed by atoms with van der Waals surface area (Å²) in [6.45, 7) is 6.25. The number of aliphatic imine (C=N–C) groups is 2. The molecule has 5 rings (SSSR count). The molecule has 0 saturated heterocycles. The summed E-state index contributed by atoms with van der Waals surface area (Å²) in [5, 5.41) is 0. The third-order valence-electron chi connectivity index (χ3n) is 6.79. The molecule has 2 aliphatic heterocycles. The van der Waals surface area contributed by atoms with E-state index in [0.717, 1.165) is 44.7 Å². The Bertz CT molecular complexity index is 1500. The average molecular weight is 489 g/mol. The van der Waals surface area contributed by atoms with Crippen molar-refractivity contribution in [1.29, 1.82) is 0 Å². The van der Waals surface area contributed by atoms with Crippen molar-refractivity contribution in [1.82, 2.24) is 4.31 Å². The smallest absolute Gasteiger partial charge is 0.243 e. The van der Waals surface area contributed by atoms with Gasteiger partial charge in [0.2, 0.25) is 15.7 Å². The van der Waals surface area contributed by atoms with Gasteiger partial charge in [-0.1, -0.05) is 24.3 Å². The number of hydrogen-bond acceptors (Lipinski definition) is 6. The number of aryl methyl sites for hydroxylation is 2. The minimum atomic E-state index is -3.40. The van der Waals surface area contributed by atoms with Crippen LogP contribution in [0, 0.1) is 13.8 Å². The summed E-state index contributed by atoms with van der Waals surface area (Å²) in [5.74, 6) is 1.25. The first-order valence-electron chi connectivity index (χ1n) is 11.3. The normalized spacial score (nSPS) is 20.9. The van der Waals surface area contributed by atoms with Gasteiger partial charge >= 0.3 is 0 Å². The zero-order chi connectivity index (χ0) is 25.1. The molecule has 8 heteroatoms. The molecule has 2 heterocycles. The number of rotatable bonds is 4. The number of methoxy groups -OCH3 is 1. The number of benzene rings is 3. The van der Waals surface area contributed by atoms with E-state index in [1.165, 1.54) is 4.31 Å². The van der Waals surface area contributed by atoms with Gasteiger partial charge in [0.1, 0.15) is 11.6 Å². The lowest BCUT2D eigenvalue weighted by atomic mass is 9.88. The number of nitrogens with zero attached hydrogens (tertiary/aromatic N) is 3. The molecular formula is C27H28N4O3S. The van der Waals surface area contributed by atoms with E-state index in [2.05, 4.69) is 6.07 Å². The van der Waals surface area contributed by atoms with E-state index >= 15 is 0 Å². The second-order valence-corrected chi connectivity index (χ2v) is 11.2. The molecule has 1 unspecified atom stereocenters. The van der Waals surface area contributed by atoms with E-state index in [4.69, 9.17) is 20.5 Å². The molecule has 2 N–H and O–H groups in total. The fourth-order valence-electron chi connectivity index (χ4n) is 5.02. The van der Waals surface area contributed by atoms with E-state index in [1.807, 2.05) is 63.2 Å². The second kappa shape index (κ2) is 8.03. The number of ether oxygens (including phenoxy) is 1. The molecule has 180 valence electrons. The maximum Gasteiger partial charge on any atom is 0.243 e. The quantitative estimate of drug-likeness (QED) is 0.597. The van der Waals surface area contributed by atoms with E-state index in [9.17, 15) is 8.42 Å². The first-order chi connectivity index (χ1) is 16.6. The molecule has 1 atom stereocenters. The summed E-state index contributed by atoms with van der Waals surface area (Å²) in [5.41, 5.74) is 12.4. The van der Waals surface area contributed by atoms with Crippen molar-refractivity contribution < 1.29 is 13.2 Å². The van der Waals surface area contributed by atoms with Crippen molar-refractivity contribution in [2.75, 3.05) is 14.2 Å². The van der Waals surface area contributed by atoms with E-state index in [0.29, 0.717) is 23.0 Å². The monoisotopic (exact) mass is 488 g/mol. The molecule has 3 aromatic rings. The van der Waals surface area contributed by atoms with Crippen LogP contribution in [0.1, 0.15) is 34.7 Å². The van der Waals surface area contributed by atoms with E-state index < -0.39 is 15.7 Å². The Morgan fingerprint density at radius 1 is 0.943 bits per heavy atom. The van der Waals surface area contributed by atoms with Crippen LogP contribution in [0.2, 0.25) is 0 Å². The highest BCUT2D eigenvalue weighted by molar-refractivity contribution is 7.89. The van der Waals surface area contributed by atoms with Gasteiger partial charge < -0.3 is 10.5 Å². The lowest BCUT2D eigenvalue weighted by molar-refractivity contribution is 0.408. The van der Waals surface area contributed by atoms with Gasteiger partial charge in [-0.3, -0.25) is 0 Å². The molecule has 0 bridgehead atoms. The molecular weight excluding hydrogens is 460 g/mol. The molecule has 0 saturated carbocycles. The predicted octanol–water partition coefficient (Wildman–Crippen LogP) is 4.15. The average Bonchev–Trinajstić information content (AvgIpc) is 3.25. The first kappa shape index (κ1) is 23.3. The van der Waals surface area contributed by atoms with Gasteiger partial charge in [0, 0.05) is 24.7 Å². The molecule has 0 aromatic heterocycles. The maximum atomic E-state index is 12.5. The highest BCUT2D eigenvalue weighted by Gasteiger charge is 2.39. The van der Waals surface area contributed by atoms with Gasteiger partial charge in [-0.05, 0) is 78.9 Å². The van der Waals surface area contributed by atoms with Gasteiger partial charge in [-0.15, -0.1) is 0 Å². The van der Waals surface area contributed by atoms with Crippen LogP contribution in [0.25, 0.3) is 11.1 Å². The fraction of sp³-hybridized carbons (Fsp3) is 0.259. The Hall–Kier alpha value is -3.49. The second-order valence-electron chi connectivity index (χ2n) is 9.17. The Kier molecular flexibility index (Phi) is 5.34. The molecule has 0 spiro atoms.